The van der Waals surface area contributed by atoms with Crippen molar-refractivity contribution in [1.29, 1.82) is 0 Å². The van der Waals surface area contributed by atoms with Crippen molar-refractivity contribution in [2.75, 3.05) is 20.3 Å². The van der Waals surface area contributed by atoms with Gasteiger partial charge in [-0.3, -0.25) is 14.0 Å². The third-order valence-corrected chi connectivity index (χ3v) is 6.12. The van der Waals surface area contributed by atoms with Crippen LogP contribution in [-0.4, -0.2) is 46.2 Å². The number of aryl methyl sites for hydroxylation is 1. The number of rotatable bonds is 6. The average molecular weight is 539 g/mol. The first kappa shape index (κ1) is 24.5. The molecule has 35 heavy (non-hydrogen) atoms. The van der Waals surface area contributed by atoms with E-state index in [1.807, 2.05) is 13.0 Å². The Morgan fingerprint density at radius 1 is 1.11 bits per heavy atom. The normalized spacial score (nSPS) is 11.8. The van der Waals surface area contributed by atoms with Crippen LogP contribution in [0.4, 0.5) is 0 Å². The third kappa shape index (κ3) is 4.67. The van der Waals surface area contributed by atoms with Gasteiger partial charge in [0.15, 0.2) is 5.49 Å². The fourth-order valence-electron chi connectivity index (χ4n) is 3.75. The zero-order chi connectivity index (χ0) is 25.1. The number of hydrogen-bond donors (Lipinski definition) is 0. The molecule has 0 bridgehead atoms. The van der Waals surface area contributed by atoms with E-state index >= 15 is 0 Å². The average Bonchev–Trinajstić information content (AvgIpc) is 2.84. The summed E-state index contributed by atoms with van der Waals surface area (Å²) < 4.78 is 14.1. The Labute approximate surface area is 208 Å². The van der Waals surface area contributed by atoms with Crippen molar-refractivity contribution < 1.29 is 19.1 Å². The maximum Gasteiger partial charge on any atom is 0.341 e. The van der Waals surface area contributed by atoms with Gasteiger partial charge in [-0.25, -0.2) is 9.78 Å². The maximum atomic E-state index is 13.4. The van der Waals surface area contributed by atoms with Crippen molar-refractivity contribution in [2.24, 2.45) is 4.99 Å². The van der Waals surface area contributed by atoms with Gasteiger partial charge in [0, 0.05) is 24.3 Å². The van der Waals surface area contributed by atoms with Crippen molar-refractivity contribution in [3.8, 4) is 0 Å². The zero-order valence-electron chi connectivity index (χ0n) is 19.4. The molecule has 9 nitrogen and oxygen atoms in total. The van der Waals surface area contributed by atoms with E-state index in [1.54, 1.807) is 48.0 Å². The van der Waals surface area contributed by atoms with Gasteiger partial charge in [0.2, 0.25) is 0 Å². The highest BCUT2D eigenvalue weighted by atomic mass is 79.9. The number of amides is 1. The summed E-state index contributed by atoms with van der Waals surface area (Å²) in [6.07, 6.45) is 1.62. The number of aromatic nitrogens is 3. The lowest BCUT2D eigenvalue weighted by molar-refractivity contribution is 0.0523. The topological polar surface area (TPSA) is 104 Å². The third-order valence-electron chi connectivity index (χ3n) is 5.43. The molecule has 4 rings (SSSR count). The molecule has 180 valence electrons. The molecule has 0 atom stereocenters. The van der Waals surface area contributed by atoms with E-state index in [-0.39, 0.29) is 47.4 Å². The van der Waals surface area contributed by atoms with E-state index in [2.05, 4.69) is 20.9 Å². The number of methoxy groups -OCH3 is 1. The Kier molecular flexibility index (Phi) is 7.23. The summed E-state index contributed by atoms with van der Waals surface area (Å²) in [5, 5.41) is 0.194. The number of hydrogen-bond acceptors (Lipinski definition) is 6. The first-order valence-electron chi connectivity index (χ1n) is 10.9. The number of ether oxygens (including phenoxy) is 2. The van der Waals surface area contributed by atoms with Crippen LogP contribution in [-0.2, 0) is 16.0 Å². The summed E-state index contributed by atoms with van der Waals surface area (Å²) in [6.45, 7) is 4.06. The molecule has 0 aliphatic heterocycles. The first-order valence-corrected chi connectivity index (χ1v) is 11.7. The van der Waals surface area contributed by atoms with Crippen molar-refractivity contribution in [1.82, 2.24) is 14.0 Å². The molecule has 0 fully saturated rings. The van der Waals surface area contributed by atoms with Crippen molar-refractivity contribution in [3.05, 3.63) is 85.7 Å². The second-order valence-corrected chi connectivity index (χ2v) is 8.54. The number of halogens is 1. The van der Waals surface area contributed by atoms with E-state index in [0.717, 1.165) is 5.56 Å². The molecule has 0 aliphatic carbocycles. The predicted octanol–water partition coefficient (Wildman–Crippen LogP) is 3.28. The molecule has 1 amide bonds. The van der Waals surface area contributed by atoms with Gasteiger partial charge in [-0.2, -0.15) is 4.99 Å². The van der Waals surface area contributed by atoms with Crippen LogP contribution in [0.25, 0.3) is 16.7 Å². The molecule has 3 heterocycles. The van der Waals surface area contributed by atoms with Crippen molar-refractivity contribution in [3.63, 3.8) is 0 Å². The lowest BCUT2D eigenvalue weighted by Gasteiger charge is -2.15. The summed E-state index contributed by atoms with van der Waals surface area (Å²) in [6, 6.07) is 11.9. The predicted molar refractivity (Wildman–Crippen MR) is 134 cm³/mol. The molecule has 0 radical (unpaired) electrons. The summed E-state index contributed by atoms with van der Waals surface area (Å²) >= 11 is 3.37. The van der Waals surface area contributed by atoms with Gasteiger partial charge in [-0.15, -0.1) is 0 Å². The summed E-state index contributed by atoms with van der Waals surface area (Å²) in [5.41, 5.74) is 1.54. The molecule has 4 aromatic rings. The van der Waals surface area contributed by atoms with E-state index < -0.39 is 11.9 Å². The van der Waals surface area contributed by atoms with E-state index in [9.17, 15) is 14.4 Å². The fraction of sp³-hybridized carbons (Fsp3) is 0.240. The van der Waals surface area contributed by atoms with Crippen LogP contribution < -0.4 is 11.0 Å². The number of carbonyl (C=O) groups excluding carboxylic acids is 2. The molecule has 0 saturated carbocycles. The van der Waals surface area contributed by atoms with Gasteiger partial charge in [0.25, 0.3) is 11.5 Å². The van der Waals surface area contributed by atoms with Gasteiger partial charge in [0.05, 0.1) is 24.2 Å². The van der Waals surface area contributed by atoms with Crippen LogP contribution in [0.15, 0.2) is 62.9 Å². The largest absolute Gasteiger partial charge is 0.462 e. The smallest absolute Gasteiger partial charge is 0.341 e. The van der Waals surface area contributed by atoms with Gasteiger partial charge in [0.1, 0.15) is 16.9 Å². The van der Waals surface area contributed by atoms with E-state index in [1.165, 1.54) is 17.6 Å². The van der Waals surface area contributed by atoms with Crippen LogP contribution in [0.1, 0.15) is 33.2 Å². The molecule has 10 heteroatoms. The Morgan fingerprint density at radius 2 is 1.89 bits per heavy atom. The van der Waals surface area contributed by atoms with Gasteiger partial charge < -0.3 is 14.0 Å². The van der Waals surface area contributed by atoms with E-state index in [4.69, 9.17) is 14.5 Å². The zero-order valence-corrected chi connectivity index (χ0v) is 21.0. The van der Waals surface area contributed by atoms with E-state index in [0.29, 0.717) is 15.7 Å². The summed E-state index contributed by atoms with van der Waals surface area (Å²) in [5.74, 6) is -1.27. The second kappa shape index (κ2) is 10.3. The monoisotopic (exact) mass is 538 g/mol. The molecule has 0 N–H and O–H groups in total. The Morgan fingerprint density at radius 3 is 2.60 bits per heavy atom. The van der Waals surface area contributed by atoms with Crippen LogP contribution in [0.2, 0.25) is 0 Å². The highest BCUT2D eigenvalue weighted by molar-refractivity contribution is 9.10. The van der Waals surface area contributed by atoms with Gasteiger partial charge in [-0.05, 0) is 59.6 Å². The summed E-state index contributed by atoms with van der Waals surface area (Å²) in [7, 11) is 1.53. The molecular formula is C25H23BrN4O5. The lowest BCUT2D eigenvalue weighted by atomic mass is 10.2. The number of pyridine rings is 2. The van der Waals surface area contributed by atoms with Gasteiger partial charge >= 0.3 is 5.97 Å². The van der Waals surface area contributed by atoms with Crippen LogP contribution in [0.5, 0.6) is 0 Å². The highest BCUT2D eigenvalue weighted by Crippen LogP contribution is 2.17. The standard InChI is InChI=1S/C25H23BrN4O5/c1-4-35-25(33)18-14-17-21(27-20-15(2)8-7-11-30(20)24(17)32)29(12-13-34-3)22(18)28-23(31)16-9-5-6-10-19(16)26/h5-11,14H,4,12-13H2,1-3H3. The summed E-state index contributed by atoms with van der Waals surface area (Å²) in [4.78, 5) is 48.6. The van der Waals surface area contributed by atoms with Crippen LogP contribution >= 0.6 is 15.9 Å². The molecule has 0 saturated heterocycles. The Balaban J connectivity index is 2.15. The number of benzene rings is 1. The Bertz CT molecular complexity index is 1590. The van der Waals surface area contributed by atoms with Crippen LogP contribution in [0, 0.1) is 6.92 Å². The minimum atomic E-state index is -0.701. The maximum absolute atomic E-state index is 13.4. The quantitative estimate of drug-likeness (QED) is 0.275. The molecule has 0 spiro atoms. The van der Waals surface area contributed by atoms with Crippen LogP contribution in [0.3, 0.4) is 0 Å². The highest BCUT2D eigenvalue weighted by Gasteiger charge is 2.21. The fourth-order valence-corrected chi connectivity index (χ4v) is 4.21. The Hall–Kier alpha value is -3.63. The van der Waals surface area contributed by atoms with Gasteiger partial charge in [-0.1, -0.05) is 18.2 Å². The lowest BCUT2D eigenvalue weighted by Crippen LogP contribution is -2.33. The second-order valence-electron chi connectivity index (χ2n) is 7.68. The number of esters is 1. The minimum absolute atomic E-state index is 0.0117. The molecule has 0 aliphatic rings. The first-order chi connectivity index (χ1) is 16.9. The number of nitrogens with zero attached hydrogens (tertiary/aromatic N) is 4. The minimum Gasteiger partial charge on any atom is -0.462 e. The molecule has 3 aromatic heterocycles. The van der Waals surface area contributed by atoms with Crippen molar-refractivity contribution >= 4 is 44.5 Å². The molecule has 1 aromatic carbocycles. The number of fused-ring (bicyclic) bond motifs is 2. The SMILES string of the molecule is CCOC(=O)c1cc2c(=O)n3cccc(C)c3nc2n(CCOC)c1=NC(=O)c1ccccc1Br. The molecular weight excluding hydrogens is 516 g/mol. The number of carbonyl (C=O) groups is 2. The van der Waals surface area contributed by atoms with Crippen molar-refractivity contribution in [2.45, 2.75) is 20.4 Å². The molecule has 0 unspecified atom stereocenters.